The van der Waals surface area contributed by atoms with Gasteiger partial charge in [-0.2, -0.15) is 0 Å². The third-order valence-electron chi connectivity index (χ3n) is 1.28. The number of halogens is 3. The van der Waals surface area contributed by atoms with Gasteiger partial charge in [0.05, 0.1) is 0 Å². The average molecular weight is 380 g/mol. The van der Waals surface area contributed by atoms with Crippen molar-refractivity contribution in [1.82, 2.24) is 0 Å². The summed E-state index contributed by atoms with van der Waals surface area (Å²) in [6.45, 7) is 0. The van der Waals surface area contributed by atoms with E-state index >= 15 is 0 Å². The van der Waals surface area contributed by atoms with Gasteiger partial charge >= 0.3 is 0 Å². The van der Waals surface area contributed by atoms with Gasteiger partial charge in [-0.05, 0) is 50.7 Å². The van der Waals surface area contributed by atoms with Crippen LogP contribution < -0.4 is 5.14 Å². The fourth-order valence-electron chi connectivity index (χ4n) is 0.722. The first-order valence-electron chi connectivity index (χ1n) is 2.99. The number of benzene rings is 1. The van der Waals surface area contributed by atoms with Crippen LogP contribution in [-0.4, -0.2) is 8.42 Å². The van der Waals surface area contributed by atoms with E-state index in [0.29, 0.717) is 8.04 Å². The monoisotopic (exact) mass is 379 g/mol. The molecule has 0 heterocycles. The number of hydrogen-bond donors (Lipinski definition) is 1. The molecule has 0 aliphatic heterocycles. The number of rotatable bonds is 1. The summed E-state index contributed by atoms with van der Waals surface area (Å²) in [4.78, 5) is -0.500. The van der Waals surface area contributed by atoms with Gasteiger partial charge in [-0.15, -0.1) is 0 Å². The van der Waals surface area contributed by atoms with E-state index in [-0.39, 0.29) is 0 Å². The predicted molar refractivity (Wildman–Crippen MR) is 58.2 cm³/mol. The van der Waals surface area contributed by atoms with Crippen LogP contribution >= 0.6 is 38.5 Å². The average Bonchev–Trinajstić information content (AvgIpc) is 1.94. The molecule has 1 aromatic rings. The Bertz CT molecular complexity index is 448. The van der Waals surface area contributed by atoms with Crippen molar-refractivity contribution in [3.8, 4) is 0 Å². The van der Waals surface area contributed by atoms with Gasteiger partial charge in [0.15, 0.2) is 0 Å². The van der Waals surface area contributed by atoms with Crippen molar-refractivity contribution in [2.75, 3.05) is 0 Å². The van der Waals surface area contributed by atoms with Gasteiger partial charge in [0.2, 0.25) is 10.0 Å². The van der Waals surface area contributed by atoms with Crippen LogP contribution in [-0.2, 0) is 10.0 Å². The molecule has 0 aliphatic rings. The van der Waals surface area contributed by atoms with E-state index in [1.807, 2.05) is 22.6 Å². The highest BCUT2D eigenvalue weighted by Crippen LogP contribution is 2.24. The largest absolute Gasteiger partial charge is 0.241 e. The van der Waals surface area contributed by atoms with Crippen LogP contribution in [0, 0.1) is 9.39 Å². The highest BCUT2D eigenvalue weighted by atomic mass is 127. The fourth-order valence-corrected chi connectivity index (χ4v) is 2.26. The highest BCUT2D eigenvalue weighted by molar-refractivity contribution is 14.1. The van der Waals surface area contributed by atoms with E-state index in [9.17, 15) is 12.8 Å². The van der Waals surface area contributed by atoms with Crippen molar-refractivity contribution in [3.63, 3.8) is 0 Å². The third-order valence-corrected chi connectivity index (χ3v) is 4.50. The zero-order chi connectivity index (χ0) is 10.2. The normalized spacial score (nSPS) is 11.7. The van der Waals surface area contributed by atoms with E-state index in [4.69, 9.17) is 5.14 Å². The summed E-state index contributed by atoms with van der Waals surface area (Å²) in [5.41, 5.74) is 0. The second kappa shape index (κ2) is 3.79. The molecule has 0 bridgehead atoms. The Morgan fingerprint density at radius 1 is 1.46 bits per heavy atom. The Hall–Kier alpha value is 0.270. The van der Waals surface area contributed by atoms with E-state index in [1.54, 1.807) is 0 Å². The number of primary sulfonamides is 1. The van der Waals surface area contributed by atoms with Gasteiger partial charge < -0.3 is 0 Å². The molecule has 0 atom stereocenters. The van der Waals surface area contributed by atoms with Crippen molar-refractivity contribution >= 4 is 48.5 Å². The summed E-state index contributed by atoms with van der Waals surface area (Å²) in [6.07, 6.45) is 0. The lowest BCUT2D eigenvalue weighted by molar-refractivity contribution is 0.567. The molecule has 0 fully saturated rings. The molecule has 3 nitrogen and oxygen atoms in total. The van der Waals surface area contributed by atoms with Crippen molar-refractivity contribution in [2.45, 2.75) is 4.90 Å². The van der Waals surface area contributed by atoms with Crippen LogP contribution in [0.4, 0.5) is 4.39 Å². The van der Waals surface area contributed by atoms with E-state index in [2.05, 4.69) is 15.9 Å². The zero-order valence-corrected chi connectivity index (χ0v) is 10.7. The van der Waals surface area contributed by atoms with Crippen LogP contribution in [0.25, 0.3) is 0 Å². The molecule has 1 rings (SSSR count). The summed E-state index contributed by atoms with van der Waals surface area (Å²) >= 11 is 4.95. The summed E-state index contributed by atoms with van der Waals surface area (Å²) in [5, 5.41) is 4.79. The Labute approximate surface area is 96.8 Å². The Morgan fingerprint density at radius 3 is 2.46 bits per heavy atom. The second-order valence-corrected chi connectivity index (χ2v) is 5.79. The summed E-state index contributed by atoms with van der Waals surface area (Å²) in [7, 11) is -3.98. The maximum Gasteiger partial charge on any atom is 0.241 e. The molecule has 0 spiro atoms. The van der Waals surface area contributed by atoms with E-state index in [0.717, 1.165) is 12.1 Å². The molecule has 13 heavy (non-hydrogen) atoms. The van der Waals surface area contributed by atoms with Crippen LogP contribution in [0.15, 0.2) is 21.5 Å². The fraction of sp³-hybridized carbons (Fsp3) is 0. The molecule has 72 valence electrons. The first-order chi connectivity index (χ1) is 5.82. The number of sulfonamides is 1. The van der Waals surface area contributed by atoms with Crippen molar-refractivity contribution in [3.05, 3.63) is 26.0 Å². The van der Waals surface area contributed by atoms with Gasteiger partial charge in [0, 0.05) is 8.04 Å². The maximum absolute atomic E-state index is 13.0. The third kappa shape index (κ3) is 2.61. The molecule has 0 radical (unpaired) electrons. The predicted octanol–water partition coefficient (Wildman–Crippen LogP) is 1.84. The molecule has 0 aliphatic carbocycles. The maximum atomic E-state index is 13.0. The second-order valence-electron chi connectivity index (χ2n) is 2.24. The SMILES string of the molecule is NS(=O)(=O)c1cc(Br)c(I)cc1F. The van der Waals surface area contributed by atoms with E-state index in [1.165, 1.54) is 0 Å². The van der Waals surface area contributed by atoms with Crippen LogP contribution in [0.2, 0.25) is 0 Å². The van der Waals surface area contributed by atoms with Crippen LogP contribution in [0.1, 0.15) is 0 Å². The van der Waals surface area contributed by atoms with Crippen molar-refractivity contribution in [2.24, 2.45) is 5.14 Å². The smallest absolute Gasteiger partial charge is 0.225 e. The molecule has 0 saturated carbocycles. The van der Waals surface area contributed by atoms with Crippen molar-refractivity contribution < 1.29 is 12.8 Å². The lowest BCUT2D eigenvalue weighted by atomic mass is 10.3. The highest BCUT2D eigenvalue weighted by Gasteiger charge is 2.16. The number of nitrogens with two attached hydrogens (primary N) is 1. The minimum atomic E-state index is -3.98. The molecule has 2 N–H and O–H groups in total. The Balaban J connectivity index is 3.50. The van der Waals surface area contributed by atoms with Gasteiger partial charge in [-0.25, -0.2) is 17.9 Å². The van der Waals surface area contributed by atoms with Gasteiger partial charge in [-0.3, -0.25) is 0 Å². The van der Waals surface area contributed by atoms with Gasteiger partial charge in [-0.1, -0.05) is 0 Å². The van der Waals surface area contributed by atoms with Crippen LogP contribution in [0.5, 0.6) is 0 Å². The number of hydrogen-bond acceptors (Lipinski definition) is 2. The molecule has 0 aromatic heterocycles. The van der Waals surface area contributed by atoms with E-state index < -0.39 is 20.7 Å². The minimum absolute atomic E-state index is 0.499. The lowest BCUT2D eigenvalue weighted by Gasteiger charge is -2.02. The molecule has 0 unspecified atom stereocenters. The standard InChI is InChI=1S/C6H4BrFINO2S/c7-3-1-6(13(10,11)12)4(8)2-5(3)9/h1-2H,(H2,10,11,12). The minimum Gasteiger partial charge on any atom is -0.225 e. The van der Waals surface area contributed by atoms with Crippen LogP contribution in [0.3, 0.4) is 0 Å². The summed E-state index contributed by atoms with van der Waals surface area (Å²) in [6, 6.07) is 2.25. The Morgan fingerprint density at radius 2 is 2.00 bits per heavy atom. The quantitative estimate of drug-likeness (QED) is 0.597. The molecular weight excluding hydrogens is 376 g/mol. The summed E-state index contributed by atoms with van der Waals surface area (Å²) < 4.78 is 35.8. The van der Waals surface area contributed by atoms with Gasteiger partial charge in [0.1, 0.15) is 10.7 Å². The zero-order valence-electron chi connectivity index (χ0n) is 6.09. The molecule has 1 aromatic carbocycles. The Kier molecular flexibility index (Phi) is 3.31. The topological polar surface area (TPSA) is 60.2 Å². The molecule has 7 heteroatoms. The molecule has 0 amide bonds. The first-order valence-corrected chi connectivity index (χ1v) is 6.41. The van der Waals surface area contributed by atoms with Gasteiger partial charge in [0.25, 0.3) is 0 Å². The molecular formula is C6H4BrFINO2S. The summed E-state index contributed by atoms with van der Waals surface area (Å²) in [5.74, 6) is -0.838. The molecule has 0 saturated heterocycles. The lowest BCUT2D eigenvalue weighted by Crippen LogP contribution is -2.14. The van der Waals surface area contributed by atoms with Crippen molar-refractivity contribution in [1.29, 1.82) is 0 Å². The first kappa shape index (κ1) is 11.3.